The second-order valence-corrected chi connectivity index (χ2v) is 7.30. The van der Waals surface area contributed by atoms with Gasteiger partial charge in [-0.05, 0) is 38.5 Å². The summed E-state index contributed by atoms with van der Waals surface area (Å²) in [4.78, 5) is 8.47. The van der Waals surface area contributed by atoms with Crippen LogP contribution in [-0.2, 0) is 0 Å². The van der Waals surface area contributed by atoms with Gasteiger partial charge in [-0.15, -0.1) is 5.70 Å². The van der Waals surface area contributed by atoms with Gasteiger partial charge in [-0.2, -0.15) is 0 Å². The topological polar surface area (TPSA) is 9.72 Å². The van der Waals surface area contributed by atoms with Crippen molar-refractivity contribution in [3.63, 3.8) is 0 Å². The molecule has 3 rings (SSSR count). The lowest BCUT2D eigenvalue weighted by Crippen LogP contribution is -2.68. The maximum Gasteiger partial charge on any atom is 0.134 e. The van der Waals surface area contributed by atoms with Crippen LogP contribution in [-0.4, -0.2) is 70.0 Å². The molecule has 3 aliphatic heterocycles. The maximum atomic E-state index is 2.82. The highest BCUT2D eigenvalue weighted by Gasteiger charge is 2.48. The van der Waals surface area contributed by atoms with E-state index in [0.29, 0.717) is 0 Å². The molecular weight excluding hydrogens is 262 g/mol. The number of rotatable bonds is 5. The number of hydrogen-bond donors (Lipinski definition) is 0. The van der Waals surface area contributed by atoms with Crippen molar-refractivity contribution in [1.82, 2.24) is 14.7 Å². The minimum absolute atomic E-state index is 0.227. The van der Waals surface area contributed by atoms with Gasteiger partial charge in [-0.3, -0.25) is 14.7 Å². The molecule has 0 amide bonds. The molecule has 0 bridgehead atoms. The Morgan fingerprint density at radius 1 is 0.700 bits per heavy atom. The molecule has 4 heteroatoms. The average molecular weight is 294 g/mol. The van der Waals surface area contributed by atoms with Crippen LogP contribution < -0.4 is 0 Å². The van der Waals surface area contributed by atoms with Crippen LogP contribution in [0.5, 0.6) is 0 Å². The summed E-state index contributed by atoms with van der Waals surface area (Å²) < 4.78 is 0. The van der Waals surface area contributed by atoms with Crippen LogP contribution in [0, 0.1) is 0 Å². The minimum Gasteiger partial charge on any atom is -0.273 e. The van der Waals surface area contributed by atoms with Crippen molar-refractivity contribution in [2.24, 2.45) is 0 Å². The second kappa shape index (κ2) is 6.73. The van der Waals surface area contributed by atoms with E-state index in [2.05, 4.69) is 26.5 Å². The standard InChI is InChI=1S/C16H31N3Si/c20-15-7-8-16(17-9-1-2-10-17,18-11-3-4-12-18)19-13-5-6-14-19/h7,15H,1-6,8-14H2,20H3. The number of likely N-dealkylation sites (tertiary alicyclic amines) is 3. The molecule has 0 saturated carbocycles. The summed E-state index contributed by atoms with van der Waals surface area (Å²) in [6, 6.07) is 0. The fraction of sp³-hybridized carbons (Fsp3) is 0.875. The van der Waals surface area contributed by atoms with Crippen molar-refractivity contribution >= 4 is 10.2 Å². The first-order valence-electron chi connectivity index (χ1n) is 8.74. The van der Waals surface area contributed by atoms with Crippen molar-refractivity contribution in [1.29, 1.82) is 0 Å². The summed E-state index contributed by atoms with van der Waals surface area (Å²) in [5.74, 6) is 0.227. The van der Waals surface area contributed by atoms with E-state index in [1.807, 2.05) is 0 Å². The summed E-state index contributed by atoms with van der Waals surface area (Å²) in [5, 5.41) is 0. The van der Waals surface area contributed by atoms with E-state index in [1.54, 1.807) is 0 Å². The van der Waals surface area contributed by atoms with Crippen molar-refractivity contribution in [3.05, 3.63) is 11.8 Å². The maximum absolute atomic E-state index is 2.82. The average Bonchev–Trinajstić information content (AvgIpc) is 3.23. The van der Waals surface area contributed by atoms with Crippen molar-refractivity contribution < 1.29 is 0 Å². The zero-order chi connectivity index (χ0) is 13.8. The van der Waals surface area contributed by atoms with Crippen LogP contribution in [0.1, 0.15) is 44.9 Å². The predicted octanol–water partition coefficient (Wildman–Crippen LogP) is 1.20. The highest BCUT2D eigenvalue weighted by Crippen LogP contribution is 2.37. The van der Waals surface area contributed by atoms with E-state index < -0.39 is 0 Å². The molecule has 3 saturated heterocycles. The van der Waals surface area contributed by atoms with Crippen LogP contribution in [0.3, 0.4) is 0 Å². The molecule has 3 nitrogen and oxygen atoms in total. The van der Waals surface area contributed by atoms with Crippen LogP contribution in [0.25, 0.3) is 0 Å². The third kappa shape index (κ3) is 2.63. The van der Waals surface area contributed by atoms with Crippen LogP contribution in [0.4, 0.5) is 0 Å². The molecule has 0 aromatic carbocycles. The monoisotopic (exact) mass is 293 g/mol. The molecule has 20 heavy (non-hydrogen) atoms. The third-order valence-electron chi connectivity index (χ3n) is 5.46. The molecule has 0 spiro atoms. The summed E-state index contributed by atoms with van der Waals surface area (Å²) in [5.41, 5.74) is 2.39. The molecule has 3 aliphatic rings. The van der Waals surface area contributed by atoms with Gasteiger partial charge in [0, 0.05) is 55.9 Å². The summed E-state index contributed by atoms with van der Waals surface area (Å²) in [6.45, 7) is 7.85. The van der Waals surface area contributed by atoms with Crippen molar-refractivity contribution in [2.75, 3.05) is 39.3 Å². The molecule has 0 aromatic rings. The normalized spacial score (nSPS) is 27.4. The first kappa shape index (κ1) is 14.8. The highest BCUT2D eigenvalue weighted by molar-refractivity contribution is 6.16. The fourth-order valence-corrected chi connectivity index (χ4v) is 4.72. The van der Waals surface area contributed by atoms with Gasteiger partial charge in [-0.25, -0.2) is 0 Å². The molecule has 0 N–H and O–H groups in total. The van der Waals surface area contributed by atoms with E-state index in [0.717, 1.165) is 0 Å². The van der Waals surface area contributed by atoms with Gasteiger partial charge in [0.25, 0.3) is 0 Å². The zero-order valence-electron chi connectivity index (χ0n) is 13.2. The van der Waals surface area contributed by atoms with E-state index in [-0.39, 0.29) is 5.79 Å². The minimum atomic E-state index is 0.227. The zero-order valence-corrected chi connectivity index (χ0v) is 15.2. The Bertz CT molecular complexity index is 286. The van der Waals surface area contributed by atoms with Crippen LogP contribution in [0.15, 0.2) is 11.8 Å². The van der Waals surface area contributed by atoms with Crippen LogP contribution >= 0.6 is 0 Å². The van der Waals surface area contributed by atoms with Crippen molar-refractivity contribution in [2.45, 2.75) is 50.7 Å². The molecule has 3 fully saturated rings. The molecule has 0 unspecified atom stereocenters. The van der Waals surface area contributed by atoms with Gasteiger partial charge >= 0.3 is 0 Å². The van der Waals surface area contributed by atoms with E-state index in [4.69, 9.17) is 0 Å². The van der Waals surface area contributed by atoms with E-state index in [1.165, 1.54) is 94.5 Å². The predicted molar refractivity (Wildman–Crippen MR) is 88.8 cm³/mol. The first-order valence-corrected chi connectivity index (χ1v) is 9.90. The summed E-state index contributed by atoms with van der Waals surface area (Å²) >= 11 is 0. The highest BCUT2D eigenvalue weighted by atomic mass is 28.1. The molecule has 0 radical (unpaired) electrons. The molecule has 0 atom stereocenters. The second-order valence-electron chi connectivity index (χ2n) is 6.63. The lowest BCUT2D eigenvalue weighted by atomic mass is 10.1. The molecule has 0 aromatic heterocycles. The van der Waals surface area contributed by atoms with Crippen molar-refractivity contribution in [3.8, 4) is 0 Å². The summed E-state index contributed by atoms with van der Waals surface area (Å²) in [6.07, 6.45) is 12.1. The van der Waals surface area contributed by atoms with Gasteiger partial charge in [0.2, 0.25) is 0 Å². The third-order valence-corrected chi connectivity index (χ3v) is 5.94. The SMILES string of the molecule is [SiH3]C=CCC(N1CCCC1)(N1CCCC1)N1CCCC1. The lowest BCUT2D eigenvalue weighted by Gasteiger charge is -2.53. The van der Waals surface area contributed by atoms with Gasteiger partial charge in [0.15, 0.2) is 0 Å². The first-order chi connectivity index (χ1) is 9.88. The Balaban J connectivity index is 1.91. The van der Waals surface area contributed by atoms with E-state index >= 15 is 0 Å². The van der Waals surface area contributed by atoms with E-state index in [9.17, 15) is 0 Å². The number of hydrogen-bond acceptors (Lipinski definition) is 3. The molecule has 3 heterocycles. The Labute approximate surface area is 127 Å². The largest absolute Gasteiger partial charge is 0.273 e. The molecular formula is C16H31N3Si. The Kier molecular flexibility index (Phi) is 4.97. The van der Waals surface area contributed by atoms with Gasteiger partial charge in [-0.1, -0.05) is 6.08 Å². The Hall–Kier alpha value is -0.163. The van der Waals surface area contributed by atoms with Crippen LogP contribution in [0.2, 0.25) is 0 Å². The Morgan fingerprint density at radius 3 is 1.35 bits per heavy atom. The molecule has 0 aliphatic carbocycles. The molecule has 114 valence electrons. The summed E-state index contributed by atoms with van der Waals surface area (Å²) in [7, 11) is 1.19. The van der Waals surface area contributed by atoms with Gasteiger partial charge < -0.3 is 0 Å². The smallest absolute Gasteiger partial charge is 0.134 e. The van der Waals surface area contributed by atoms with Gasteiger partial charge in [0.05, 0.1) is 0 Å². The van der Waals surface area contributed by atoms with Gasteiger partial charge in [0.1, 0.15) is 5.79 Å². The fourth-order valence-electron chi connectivity index (χ4n) is 4.49. The number of nitrogens with zero attached hydrogens (tertiary/aromatic N) is 3. The Morgan fingerprint density at radius 2 is 1.05 bits per heavy atom. The quantitative estimate of drug-likeness (QED) is 0.705. The lowest BCUT2D eigenvalue weighted by molar-refractivity contribution is -0.144.